The second-order valence-electron chi connectivity index (χ2n) is 4.82. The van der Waals surface area contributed by atoms with Crippen LogP contribution >= 0.6 is 11.6 Å². The third kappa shape index (κ3) is 3.38. The largest absolute Gasteiger partial charge is 0.489 e. The van der Waals surface area contributed by atoms with Gasteiger partial charge in [-0.05, 0) is 42.5 Å². The molecule has 0 fully saturated rings. The van der Waals surface area contributed by atoms with E-state index in [2.05, 4.69) is 0 Å². The topological polar surface area (TPSA) is 31.2 Å². The van der Waals surface area contributed by atoms with Crippen LogP contribution in [0.4, 0.5) is 0 Å². The molecule has 0 saturated heterocycles. The molecular weight excluding hydrogens is 298 g/mol. The van der Waals surface area contributed by atoms with Crippen molar-refractivity contribution in [2.24, 2.45) is 0 Å². The molecule has 3 aromatic rings. The van der Waals surface area contributed by atoms with E-state index in [0.29, 0.717) is 11.6 Å². The molecule has 110 valence electrons. The van der Waals surface area contributed by atoms with Gasteiger partial charge in [0.25, 0.3) is 5.56 Å². The highest BCUT2D eigenvalue weighted by Crippen LogP contribution is 2.14. The molecule has 3 nitrogen and oxygen atoms in total. The number of ether oxygens (including phenoxy) is 1. The summed E-state index contributed by atoms with van der Waals surface area (Å²) in [5.74, 6) is 0.798. The van der Waals surface area contributed by atoms with Crippen molar-refractivity contribution in [2.45, 2.75) is 6.61 Å². The molecule has 0 saturated carbocycles. The molecule has 0 bridgehead atoms. The highest BCUT2D eigenvalue weighted by atomic mass is 35.5. The Labute approximate surface area is 133 Å². The SMILES string of the molecule is O=c1ccc(COc2ccccc2)cn1-c1ccc(Cl)cc1. The summed E-state index contributed by atoms with van der Waals surface area (Å²) < 4.78 is 7.29. The van der Waals surface area contributed by atoms with E-state index in [-0.39, 0.29) is 5.56 Å². The maximum absolute atomic E-state index is 12.0. The van der Waals surface area contributed by atoms with Gasteiger partial charge in [0.15, 0.2) is 0 Å². The van der Waals surface area contributed by atoms with E-state index >= 15 is 0 Å². The zero-order valence-corrected chi connectivity index (χ0v) is 12.5. The first-order valence-electron chi connectivity index (χ1n) is 6.88. The number of rotatable bonds is 4. The number of benzene rings is 2. The first kappa shape index (κ1) is 14.4. The molecule has 1 heterocycles. The van der Waals surface area contributed by atoms with Gasteiger partial charge in [-0.3, -0.25) is 9.36 Å². The van der Waals surface area contributed by atoms with E-state index in [0.717, 1.165) is 17.0 Å². The first-order chi connectivity index (χ1) is 10.7. The Morgan fingerprint density at radius 2 is 1.64 bits per heavy atom. The van der Waals surface area contributed by atoms with Crippen LogP contribution in [0.25, 0.3) is 5.69 Å². The van der Waals surface area contributed by atoms with E-state index in [9.17, 15) is 4.79 Å². The molecule has 0 atom stereocenters. The van der Waals surface area contributed by atoms with Crippen molar-refractivity contribution in [3.63, 3.8) is 0 Å². The van der Waals surface area contributed by atoms with Crippen molar-refractivity contribution < 1.29 is 4.74 Å². The Morgan fingerprint density at radius 3 is 2.36 bits per heavy atom. The van der Waals surface area contributed by atoms with Crippen molar-refractivity contribution in [3.8, 4) is 11.4 Å². The van der Waals surface area contributed by atoms with Gasteiger partial charge in [-0.15, -0.1) is 0 Å². The highest BCUT2D eigenvalue weighted by molar-refractivity contribution is 6.30. The number of hydrogen-bond acceptors (Lipinski definition) is 2. The third-order valence-corrected chi connectivity index (χ3v) is 3.48. The Bertz CT molecular complexity index is 810. The van der Waals surface area contributed by atoms with Gasteiger partial charge in [-0.1, -0.05) is 29.8 Å². The Balaban J connectivity index is 1.83. The zero-order valence-electron chi connectivity index (χ0n) is 11.8. The van der Waals surface area contributed by atoms with E-state index in [1.165, 1.54) is 6.07 Å². The monoisotopic (exact) mass is 311 g/mol. The molecule has 1 aromatic heterocycles. The lowest BCUT2D eigenvalue weighted by molar-refractivity contribution is 0.305. The number of hydrogen-bond donors (Lipinski definition) is 0. The molecular formula is C18H14ClNO2. The Hall–Kier alpha value is -2.52. The van der Waals surface area contributed by atoms with Crippen LogP contribution in [0.2, 0.25) is 5.02 Å². The maximum Gasteiger partial charge on any atom is 0.255 e. The zero-order chi connectivity index (χ0) is 15.4. The molecule has 0 aliphatic heterocycles. The van der Waals surface area contributed by atoms with Crippen LogP contribution in [0.3, 0.4) is 0 Å². The number of aromatic nitrogens is 1. The second kappa shape index (κ2) is 6.50. The summed E-state index contributed by atoms with van der Waals surface area (Å²) in [6.07, 6.45) is 1.79. The van der Waals surface area contributed by atoms with Crippen LogP contribution in [-0.4, -0.2) is 4.57 Å². The standard InChI is InChI=1S/C18H14ClNO2/c19-15-7-9-16(10-8-15)20-12-14(6-11-18(20)21)13-22-17-4-2-1-3-5-17/h1-12H,13H2. The van der Waals surface area contributed by atoms with Crippen molar-refractivity contribution in [1.82, 2.24) is 4.57 Å². The minimum Gasteiger partial charge on any atom is -0.489 e. The van der Waals surface area contributed by atoms with Crippen LogP contribution in [0.1, 0.15) is 5.56 Å². The van der Waals surface area contributed by atoms with E-state index in [4.69, 9.17) is 16.3 Å². The van der Waals surface area contributed by atoms with Gasteiger partial charge < -0.3 is 4.74 Å². The normalized spacial score (nSPS) is 10.4. The predicted octanol–water partition coefficient (Wildman–Crippen LogP) is 4.07. The lowest BCUT2D eigenvalue weighted by Gasteiger charge is -2.10. The van der Waals surface area contributed by atoms with Crippen LogP contribution in [0, 0.1) is 0 Å². The third-order valence-electron chi connectivity index (χ3n) is 3.23. The van der Waals surface area contributed by atoms with Crippen molar-refractivity contribution in [3.05, 3.63) is 93.9 Å². The lowest BCUT2D eigenvalue weighted by atomic mass is 10.2. The van der Waals surface area contributed by atoms with Crippen LogP contribution in [-0.2, 0) is 6.61 Å². The molecule has 0 unspecified atom stereocenters. The fourth-order valence-electron chi connectivity index (χ4n) is 2.10. The van der Waals surface area contributed by atoms with E-state index < -0.39 is 0 Å². The number of nitrogens with zero attached hydrogens (tertiary/aromatic N) is 1. The molecule has 0 spiro atoms. The van der Waals surface area contributed by atoms with Gasteiger partial charge in [0, 0.05) is 28.5 Å². The average molecular weight is 312 g/mol. The van der Waals surface area contributed by atoms with Gasteiger partial charge in [0.1, 0.15) is 12.4 Å². The molecule has 0 radical (unpaired) electrons. The van der Waals surface area contributed by atoms with Crippen LogP contribution in [0.5, 0.6) is 5.75 Å². The predicted molar refractivity (Wildman–Crippen MR) is 87.8 cm³/mol. The fourth-order valence-corrected chi connectivity index (χ4v) is 2.23. The molecule has 0 aliphatic rings. The number of para-hydroxylation sites is 1. The van der Waals surface area contributed by atoms with Crippen LogP contribution < -0.4 is 10.3 Å². The summed E-state index contributed by atoms with van der Waals surface area (Å²) in [4.78, 5) is 12.0. The molecule has 0 amide bonds. The summed E-state index contributed by atoms with van der Waals surface area (Å²) in [5.41, 5.74) is 1.60. The van der Waals surface area contributed by atoms with Crippen molar-refractivity contribution in [2.75, 3.05) is 0 Å². The summed E-state index contributed by atoms with van der Waals surface area (Å²) in [5, 5.41) is 0.639. The Morgan fingerprint density at radius 1 is 0.909 bits per heavy atom. The van der Waals surface area contributed by atoms with Gasteiger partial charge in [-0.25, -0.2) is 0 Å². The molecule has 3 rings (SSSR count). The van der Waals surface area contributed by atoms with E-state index in [1.807, 2.05) is 42.5 Å². The lowest BCUT2D eigenvalue weighted by Crippen LogP contribution is -2.17. The smallest absolute Gasteiger partial charge is 0.255 e. The van der Waals surface area contributed by atoms with Gasteiger partial charge >= 0.3 is 0 Å². The molecule has 4 heteroatoms. The second-order valence-corrected chi connectivity index (χ2v) is 5.26. The maximum atomic E-state index is 12.0. The van der Waals surface area contributed by atoms with E-state index in [1.54, 1.807) is 29.0 Å². The number of halogens is 1. The fraction of sp³-hybridized carbons (Fsp3) is 0.0556. The summed E-state index contributed by atoms with van der Waals surface area (Å²) >= 11 is 5.88. The molecule has 0 N–H and O–H groups in total. The van der Waals surface area contributed by atoms with Crippen LogP contribution in [0.15, 0.2) is 77.7 Å². The molecule has 22 heavy (non-hydrogen) atoms. The highest BCUT2D eigenvalue weighted by Gasteiger charge is 2.03. The summed E-state index contributed by atoms with van der Waals surface area (Å²) in [7, 11) is 0. The quantitative estimate of drug-likeness (QED) is 0.727. The van der Waals surface area contributed by atoms with Gasteiger partial charge in [-0.2, -0.15) is 0 Å². The summed E-state index contributed by atoms with van der Waals surface area (Å²) in [6.45, 7) is 0.401. The minimum absolute atomic E-state index is 0.0919. The molecule has 0 aliphatic carbocycles. The Kier molecular flexibility index (Phi) is 4.26. The van der Waals surface area contributed by atoms with Crippen molar-refractivity contribution >= 4 is 11.6 Å². The number of pyridine rings is 1. The average Bonchev–Trinajstić information content (AvgIpc) is 2.56. The minimum atomic E-state index is -0.0919. The van der Waals surface area contributed by atoms with Gasteiger partial charge in [0.2, 0.25) is 0 Å². The molecule has 2 aromatic carbocycles. The summed E-state index contributed by atoms with van der Waals surface area (Å²) in [6, 6.07) is 20.0. The van der Waals surface area contributed by atoms with Crippen molar-refractivity contribution in [1.29, 1.82) is 0 Å². The van der Waals surface area contributed by atoms with Gasteiger partial charge in [0.05, 0.1) is 0 Å². The first-order valence-corrected chi connectivity index (χ1v) is 7.25.